The highest BCUT2D eigenvalue weighted by molar-refractivity contribution is 6.21. The molecular weight excluding hydrogens is 254 g/mol. The molecule has 0 amide bonds. The quantitative estimate of drug-likeness (QED) is 0.680. The molecule has 19 heavy (non-hydrogen) atoms. The van der Waals surface area contributed by atoms with Gasteiger partial charge < -0.3 is 0 Å². The molecule has 1 fully saturated rings. The minimum atomic E-state index is 0.229. The predicted molar refractivity (Wildman–Crippen MR) is 82.7 cm³/mol. The lowest BCUT2D eigenvalue weighted by Crippen LogP contribution is -2.32. The van der Waals surface area contributed by atoms with Crippen molar-refractivity contribution in [2.75, 3.05) is 0 Å². The van der Waals surface area contributed by atoms with Gasteiger partial charge in [0.1, 0.15) is 0 Å². The summed E-state index contributed by atoms with van der Waals surface area (Å²) < 4.78 is 0. The highest BCUT2D eigenvalue weighted by Gasteiger charge is 2.40. The Morgan fingerprint density at radius 2 is 1.95 bits per heavy atom. The van der Waals surface area contributed by atoms with E-state index >= 15 is 0 Å². The van der Waals surface area contributed by atoms with E-state index in [0.29, 0.717) is 5.41 Å². The normalized spacial score (nSPS) is 19.8. The van der Waals surface area contributed by atoms with Crippen LogP contribution in [0.25, 0.3) is 0 Å². The third-order valence-electron chi connectivity index (χ3n) is 4.44. The Kier molecular flexibility index (Phi) is 4.89. The van der Waals surface area contributed by atoms with Crippen LogP contribution in [0.2, 0.25) is 0 Å². The van der Waals surface area contributed by atoms with Gasteiger partial charge in [-0.3, -0.25) is 4.98 Å². The molecule has 1 aliphatic rings. The lowest BCUT2D eigenvalue weighted by molar-refractivity contribution is 0.220. The van der Waals surface area contributed by atoms with Gasteiger partial charge in [-0.25, -0.2) is 0 Å². The second kappa shape index (κ2) is 6.26. The van der Waals surface area contributed by atoms with E-state index in [9.17, 15) is 0 Å². The molecule has 1 heterocycles. The van der Waals surface area contributed by atoms with Crippen molar-refractivity contribution in [1.29, 1.82) is 0 Å². The van der Waals surface area contributed by atoms with Crippen LogP contribution in [0, 0.1) is 18.3 Å². The molecule has 1 aromatic rings. The Labute approximate surface area is 122 Å². The molecule has 1 atom stereocenters. The van der Waals surface area contributed by atoms with Gasteiger partial charge in [-0.15, -0.1) is 11.6 Å². The minimum absolute atomic E-state index is 0.229. The summed E-state index contributed by atoms with van der Waals surface area (Å²) in [6, 6.07) is 4.26. The first-order valence-corrected chi connectivity index (χ1v) is 8.01. The molecule has 0 radical (unpaired) electrons. The van der Waals surface area contributed by atoms with Crippen molar-refractivity contribution in [1.82, 2.24) is 4.98 Å². The molecule has 2 rings (SSSR count). The number of pyridine rings is 1. The largest absolute Gasteiger partial charge is 0.261 e. The smallest absolute Gasteiger partial charge is 0.0447 e. The van der Waals surface area contributed by atoms with Crippen molar-refractivity contribution in [2.45, 2.75) is 64.7 Å². The third-order valence-corrected chi connectivity index (χ3v) is 5.06. The van der Waals surface area contributed by atoms with Crippen LogP contribution >= 0.6 is 11.6 Å². The molecule has 1 saturated carbocycles. The Hall–Kier alpha value is -0.560. The number of halogens is 1. The fraction of sp³-hybridized carbons (Fsp3) is 0.706. The first-order valence-electron chi connectivity index (χ1n) is 7.57. The maximum atomic E-state index is 6.82. The number of hydrogen-bond donors (Lipinski definition) is 0. The fourth-order valence-corrected chi connectivity index (χ4v) is 4.02. The highest BCUT2D eigenvalue weighted by Crippen LogP contribution is 2.48. The van der Waals surface area contributed by atoms with Crippen molar-refractivity contribution in [2.24, 2.45) is 11.3 Å². The zero-order valence-corrected chi connectivity index (χ0v) is 13.2. The number of aromatic nitrogens is 1. The summed E-state index contributed by atoms with van der Waals surface area (Å²) in [6.45, 7) is 6.70. The minimum Gasteiger partial charge on any atom is -0.261 e. The van der Waals surface area contributed by atoms with E-state index < -0.39 is 0 Å². The van der Waals surface area contributed by atoms with E-state index in [1.54, 1.807) is 0 Å². The maximum Gasteiger partial charge on any atom is 0.0447 e. The van der Waals surface area contributed by atoms with Crippen LogP contribution < -0.4 is 0 Å². The highest BCUT2D eigenvalue weighted by atomic mass is 35.5. The van der Waals surface area contributed by atoms with Gasteiger partial charge in [0, 0.05) is 23.7 Å². The van der Waals surface area contributed by atoms with Gasteiger partial charge in [-0.05, 0) is 49.1 Å². The third kappa shape index (κ3) is 3.72. The molecule has 2 heteroatoms. The Morgan fingerprint density at radius 1 is 1.26 bits per heavy atom. The first-order chi connectivity index (χ1) is 9.02. The second-order valence-corrected chi connectivity index (χ2v) is 7.19. The molecule has 0 aliphatic heterocycles. The van der Waals surface area contributed by atoms with Gasteiger partial charge in [0.25, 0.3) is 0 Å². The number of nitrogens with zero attached hydrogens (tertiary/aromatic N) is 1. The van der Waals surface area contributed by atoms with Crippen LogP contribution in [0.1, 0.15) is 57.2 Å². The van der Waals surface area contributed by atoms with Crippen LogP contribution in [0.15, 0.2) is 18.3 Å². The molecule has 1 aliphatic carbocycles. The standard InChI is InChI=1S/C17H26ClN/c1-13(2)11-17(8-4-5-9-17)16(18)10-15-7-6-14(3)12-19-15/h6-7,12-13,16H,4-5,8-11H2,1-3H3. The second-order valence-electron chi connectivity index (χ2n) is 6.67. The van der Waals surface area contributed by atoms with E-state index in [0.717, 1.165) is 18.0 Å². The average molecular weight is 280 g/mol. The lowest BCUT2D eigenvalue weighted by atomic mass is 9.74. The van der Waals surface area contributed by atoms with E-state index in [-0.39, 0.29) is 5.38 Å². The van der Waals surface area contributed by atoms with Crippen LogP contribution in [-0.4, -0.2) is 10.4 Å². The van der Waals surface area contributed by atoms with Gasteiger partial charge >= 0.3 is 0 Å². The molecule has 0 N–H and O–H groups in total. The topological polar surface area (TPSA) is 12.9 Å². The summed E-state index contributed by atoms with van der Waals surface area (Å²) in [6.07, 6.45) is 9.40. The molecule has 1 aromatic heterocycles. The number of hydrogen-bond acceptors (Lipinski definition) is 1. The summed E-state index contributed by atoms with van der Waals surface area (Å²) in [4.78, 5) is 4.52. The molecule has 0 spiro atoms. The van der Waals surface area contributed by atoms with Gasteiger partial charge in [0.15, 0.2) is 0 Å². The molecular formula is C17H26ClN. The van der Waals surface area contributed by atoms with E-state index in [1.165, 1.54) is 37.7 Å². The van der Waals surface area contributed by atoms with Crippen molar-refractivity contribution in [3.05, 3.63) is 29.6 Å². The summed E-state index contributed by atoms with van der Waals surface area (Å²) in [5.74, 6) is 0.727. The predicted octanol–water partition coefficient (Wildman–Crippen LogP) is 5.15. The SMILES string of the molecule is Cc1ccc(CC(Cl)C2(CC(C)C)CCCC2)nc1. The number of rotatable bonds is 5. The Morgan fingerprint density at radius 3 is 2.47 bits per heavy atom. The lowest BCUT2D eigenvalue weighted by Gasteiger charge is -2.35. The summed E-state index contributed by atoms with van der Waals surface area (Å²) in [5, 5.41) is 0.229. The monoisotopic (exact) mass is 279 g/mol. The van der Waals surface area contributed by atoms with Crippen LogP contribution in [0.5, 0.6) is 0 Å². The van der Waals surface area contributed by atoms with Crippen molar-refractivity contribution in [3.63, 3.8) is 0 Å². The molecule has 0 bridgehead atoms. The summed E-state index contributed by atoms with van der Waals surface area (Å²) in [7, 11) is 0. The molecule has 1 nitrogen and oxygen atoms in total. The van der Waals surface area contributed by atoms with Gasteiger partial charge in [0.2, 0.25) is 0 Å². The van der Waals surface area contributed by atoms with Crippen LogP contribution in [0.3, 0.4) is 0 Å². The van der Waals surface area contributed by atoms with Gasteiger partial charge in [-0.1, -0.05) is 32.8 Å². The Bertz CT molecular complexity index is 390. The number of aryl methyl sites for hydroxylation is 1. The maximum absolute atomic E-state index is 6.82. The van der Waals surface area contributed by atoms with Crippen molar-refractivity contribution >= 4 is 11.6 Å². The summed E-state index contributed by atoms with van der Waals surface area (Å²) in [5.41, 5.74) is 2.70. The summed E-state index contributed by atoms with van der Waals surface area (Å²) >= 11 is 6.82. The van der Waals surface area contributed by atoms with Crippen LogP contribution in [0.4, 0.5) is 0 Å². The molecule has 106 valence electrons. The van der Waals surface area contributed by atoms with E-state index in [4.69, 9.17) is 11.6 Å². The fourth-order valence-electron chi connectivity index (χ4n) is 3.56. The van der Waals surface area contributed by atoms with Crippen molar-refractivity contribution in [3.8, 4) is 0 Å². The van der Waals surface area contributed by atoms with E-state index in [1.807, 2.05) is 6.20 Å². The molecule has 0 aromatic carbocycles. The molecule has 1 unspecified atom stereocenters. The Balaban J connectivity index is 2.07. The zero-order chi connectivity index (χ0) is 13.9. The van der Waals surface area contributed by atoms with Crippen molar-refractivity contribution < 1.29 is 0 Å². The average Bonchev–Trinajstić information content (AvgIpc) is 2.81. The molecule has 0 saturated heterocycles. The zero-order valence-electron chi connectivity index (χ0n) is 12.5. The van der Waals surface area contributed by atoms with E-state index in [2.05, 4.69) is 37.9 Å². The van der Waals surface area contributed by atoms with Gasteiger partial charge in [-0.2, -0.15) is 0 Å². The van der Waals surface area contributed by atoms with Gasteiger partial charge in [0.05, 0.1) is 0 Å². The number of alkyl halides is 1. The first kappa shape index (κ1) is 14.8. The van der Waals surface area contributed by atoms with Crippen LogP contribution in [-0.2, 0) is 6.42 Å².